The summed E-state index contributed by atoms with van der Waals surface area (Å²) in [4.78, 5) is 14.1. The topological polar surface area (TPSA) is 42.8 Å². The van der Waals surface area contributed by atoms with Crippen LogP contribution in [0.25, 0.3) is 0 Å². The first-order chi connectivity index (χ1) is 12.3. The van der Waals surface area contributed by atoms with E-state index in [0.29, 0.717) is 12.3 Å². The number of ether oxygens (including phenoxy) is 1. The minimum absolute atomic E-state index is 0.113. The van der Waals surface area contributed by atoms with Crippen LogP contribution in [0.1, 0.15) is 50.7 Å². The number of benzene rings is 1. The maximum atomic E-state index is 12.7. The van der Waals surface area contributed by atoms with Gasteiger partial charge in [0, 0.05) is 31.4 Å². The molecule has 1 saturated heterocycles. The SMILES string of the molecule is Cc1ccc([C@]2(CC(=O)NCCC[NH+](C)C)CCO[C@H](C(C)C)C2)cc1. The van der Waals surface area contributed by atoms with Gasteiger partial charge in [0.25, 0.3) is 0 Å². The van der Waals surface area contributed by atoms with Gasteiger partial charge in [0.2, 0.25) is 5.91 Å². The van der Waals surface area contributed by atoms with E-state index in [0.717, 1.165) is 39.0 Å². The Morgan fingerprint density at radius 1 is 1.31 bits per heavy atom. The molecule has 1 aromatic rings. The van der Waals surface area contributed by atoms with Crippen molar-refractivity contribution >= 4 is 5.91 Å². The van der Waals surface area contributed by atoms with Crippen LogP contribution in [-0.4, -0.2) is 45.8 Å². The summed E-state index contributed by atoms with van der Waals surface area (Å²) in [5, 5.41) is 3.14. The number of carbonyl (C=O) groups excluding carboxylic acids is 1. The molecule has 1 heterocycles. The third kappa shape index (κ3) is 5.82. The lowest BCUT2D eigenvalue weighted by Gasteiger charge is -2.42. The van der Waals surface area contributed by atoms with Crippen LogP contribution in [0.15, 0.2) is 24.3 Å². The highest BCUT2D eigenvalue weighted by molar-refractivity contribution is 5.77. The van der Waals surface area contributed by atoms with E-state index in [1.807, 2.05) is 0 Å². The number of rotatable bonds is 8. The molecular formula is C22H37N2O2+. The highest BCUT2D eigenvalue weighted by atomic mass is 16.5. The second-order valence-electron chi connectivity index (χ2n) is 8.59. The van der Waals surface area contributed by atoms with Crippen molar-refractivity contribution in [3.8, 4) is 0 Å². The van der Waals surface area contributed by atoms with Crippen LogP contribution in [0.5, 0.6) is 0 Å². The van der Waals surface area contributed by atoms with Gasteiger partial charge in [0.1, 0.15) is 0 Å². The molecule has 26 heavy (non-hydrogen) atoms. The van der Waals surface area contributed by atoms with Gasteiger partial charge in [-0.3, -0.25) is 4.79 Å². The fourth-order valence-corrected chi connectivity index (χ4v) is 3.85. The second kappa shape index (κ2) is 9.52. The van der Waals surface area contributed by atoms with Gasteiger partial charge in [-0.1, -0.05) is 43.7 Å². The molecule has 0 radical (unpaired) electrons. The average molecular weight is 362 g/mol. The number of hydrogen-bond donors (Lipinski definition) is 2. The maximum absolute atomic E-state index is 12.7. The molecule has 0 aromatic heterocycles. The summed E-state index contributed by atoms with van der Waals surface area (Å²) < 4.78 is 6.01. The third-order valence-electron chi connectivity index (χ3n) is 5.59. The van der Waals surface area contributed by atoms with Crippen LogP contribution in [0, 0.1) is 12.8 Å². The Labute approximate surface area is 159 Å². The predicted molar refractivity (Wildman–Crippen MR) is 107 cm³/mol. The fraction of sp³-hybridized carbons (Fsp3) is 0.682. The van der Waals surface area contributed by atoms with E-state index < -0.39 is 0 Å². The lowest BCUT2D eigenvalue weighted by molar-refractivity contribution is -0.858. The fourth-order valence-electron chi connectivity index (χ4n) is 3.85. The molecule has 1 fully saturated rings. The van der Waals surface area contributed by atoms with E-state index in [-0.39, 0.29) is 17.4 Å². The molecular weight excluding hydrogens is 324 g/mol. The van der Waals surface area contributed by atoms with Crippen LogP contribution in [0.4, 0.5) is 0 Å². The summed E-state index contributed by atoms with van der Waals surface area (Å²) in [5.74, 6) is 0.634. The Morgan fingerprint density at radius 2 is 2.00 bits per heavy atom. The van der Waals surface area contributed by atoms with E-state index in [4.69, 9.17) is 4.74 Å². The highest BCUT2D eigenvalue weighted by Crippen LogP contribution is 2.42. The van der Waals surface area contributed by atoms with Gasteiger partial charge in [0.15, 0.2) is 0 Å². The molecule has 0 spiro atoms. The van der Waals surface area contributed by atoms with Crippen molar-refractivity contribution in [3.63, 3.8) is 0 Å². The zero-order chi connectivity index (χ0) is 19.2. The molecule has 146 valence electrons. The molecule has 1 aromatic carbocycles. The quantitative estimate of drug-likeness (QED) is 0.697. The highest BCUT2D eigenvalue weighted by Gasteiger charge is 2.41. The van der Waals surface area contributed by atoms with Gasteiger partial charge >= 0.3 is 0 Å². The number of quaternary nitrogens is 1. The summed E-state index contributed by atoms with van der Waals surface area (Å²) >= 11 is 0. The van der Waals surface area contributed by atoms with Crippen LogP contribution in [0.3, 0.4) is 0 Å². The number of carbonyl (C=O) groups is 1. The smallest absolute Gasteiger partial charge is 0.220 e. The molecule has 0 aliphatic carbocycles. The van der Waals surface area contributed by atoms with Gasteiger partial charge in [0.05, 0.1) is 26.7 Å². The normalized spacial score (nSPS) is 23.4. The summed E-state index contributed by atoms with van der Waals surface area (Å²) in [6.45, 7) is 9.09. The van der Waals surface area contributed by atoms with Gasteiger partial charge < -0.3 is 15.0 Å². The van der Waals surface area contributed by atoms with E-state index in [9.17, 15) is 4.79 Å². The third-order valence-corrected chi connectivity index (χ3v) is 5.59. The monoisotopic (exact) mass is 361 g/mol. The molecule has 2 rings (SSSR count). The van der Waals surface area contributed by atoms with Gasteiger partial charge in [-0.15, -0.1) is 0 Å². The van der Waals surface area contributed by atoms with Gasteiger partial charge in [-0.2, -0.15) is 0 Å². The Morgan fingerprint density at radius 3 is 2.62 bits per heavy atom. The summed E-state index contributed by atoms with van der Waals surface area (Å²) in [5.41, 5.74) is 2.43. The van der Waals surface area contributed by atoms with E-state index in [2.05, 4.69) is 64.4 Å². The Kier molecular flexibility index (Phi) is 7.66. The van der Waals surface area contributed by atoms with Crippen molar-refractivity contribution in [1.29, 1.82) is 0 Å². The first kappa shape index (κ1) is 20.9. The molecule has 1 aliphatic heterocycles. The number of aryl methyl sites for hydroxylation is 1. The van der Waals surface area contributed by atoms with Crippen LogP contribution in [0.2, 0.25) is 0 Å². The minimum atomic E-state index is -0.113. The molecule has 1 aliphatic rings. The van der Waals surface area contributed by atoms with Gasteiger partial charge in [-0.05, 0) is 31.2 Å². The standard InChI is InChI=1S/C22H36N2O2/c1-17(2)20-15-22(11-14-26-20,19-9-7-18(3)8-10-19)16-21(25)23-12-6-13-24(4)5/h7-10,17,20H,6,11-16H2,1-5H3,(H,23,25)/p+1/t20-,22+/m0/s1. The number of hydrogen-bond acceptors (Lipinski definition) is 2. The average Bonchev–Trinajstić information content (AvgIpc) is 2.59. The Hall–Kier alpha value is -1.39. The maximum Gasteiger partial charge on any atom is 0.220 e. The zero-order valence-corrected chi connectivity index (χ0v) is 17.2. The van der Waals surface area contributed by atoms with E-state index in [1.165, 1.54) is 16.0 Å². The number of amides is 1. The zero-order valence-electron chi connectivity index (χ0n) is 17.2. The van der Waals surface area contributed by atoms with E-state index >= 15 is 0 Å². The Bertz CT molecular complexity index is 568. The van der Waals surface area contributed by atoms with Crippen LogP contribution in [-0.2, 0) is 14.9 Å². The molecule has 4 heteroatoms. The number of nitrogens with one attached hydrogen (secondary N) is 2. The molecule has 0 bridgehead atoms. The Balaban J connectivity index is 2.10. The van der Waals surface area contributed by atoms with Crippen molar-refractivity contribution < 1.29 is 14.4 Å². The first-order valence-corrected chi connectivity index (χ1v) is 10.1. The predicted octanol–water partition coefficient (Wildman–Crippen LogP) is 2.11. The molecule has 0 saturated carbocycles. The summed E-state index contributed by atoms with van der Waals surface area (Å²) in [7, 11) is 4.28. The van der Waals surface area contributed by atoms with E-state index in [1.54, 1.807) is 0 Å². The molecule has 4 nitrogen and oxygen atoms in total. The minimum Gasteiger partial charge on any atom is -0.378 e. The lowest BCUT2D eigenvalue weighted by atomic mass is 9.68. The van der Waals surface area contributed by atoms with Crippen molar-refractivity contribution in [2.75, 3.05) is 33.8 Å². The largest absolute Gasteiger partial charge is 0.378 e. The van der Waals surface area contributed by atoms with Crippen molar-refractivity contribution in [3.05, 3.63) is 35.4 Å². The second-order valence-corrected chi connectivity index (χ2v) is 8.59. The lowest BCUT2D eigenvalue weighted by Crippen LogP contribution is -3.05. The van der Waals surface area contributed by atoms with Crippen molar-refractivity contribution in [2.24, 2.45) is 5.92 Å². The van der Waals surface area contributed by atoms with Crippen LogP contribution < -0.4 is 10.2 Å². The van der Waals surface area contributed by atoms with Crippen LogP contribution >= 0.6 is 0 Å². The summed E-state index contributed by atoms with van der Waals surface area (Å²) in [6.07, 6.45) is 3.62. The van der Waals surface area contributed by atoms with Crippen molar-refractivity contribution in [2.45, 2.75) is 58.0 Å². The molecule has 2 N–H and O–H groups in total. The van der Waals surface area contributed by atoms with Gasteiger partial charge in [-0.25, -0.2) is 0 Å². The molecule has 0 unspecified atom stereocenters. The van der Waals surface area contributed by atoms with Crippen molar-refractivity contribution in [1.82, 2.24) is 5.32 Å². The molecule has 1 amide bonds. The summed E-state index contributed by atoms with van der Waals surface area (Å²) in [6, 6.07) is 8.74. The molecule has 2 atom stereocenters. The first-order valence-electron chi connectivity index (χ1n) is 10.1.